The van der Waals surface area contributed by atoms with Gasteiger partial charge in [0.1, 0.15) is 53.6 Å². The van der Waals surface area contributed by atoms with E-state index in [1.165, 1.54) is 34.4 Å². The summed E-state index contributed by atoms with van der Waals surface area (Å²) in [6, 6.07) is 4.55. The van der Waals surface area contributed by atoms with E-state index in [0.717, 1.165) is 30.8 Å². The van der Waals surface area contributed by atoms with Gasteiger partial charge in [0, 0.05) is 41.3 Å². The van der Waals surface area contributed by atoms with Gasteiger partial charge < -0.3 is 40.2 Å². The zero-order valence-corrected chi connectivity index (χ0v) is 33.4. The van der Waals surface area contributed by atoms with E-state index in [4.69, 9.17) is 24.2 Å². The first kappa shape index (κ1) is 40.5. The lowest BCUT2D eigenvalue weighted by Crippen LogP contribution is -2.59. The number of aromatic hydroxyl groups is 1. The van der Waals surface area contributed by atoms with Crippen molar-refractivity contribution in [2.45, 2.75) is 109 Å². The van der Waals surface area contributed by atoms with E-state index in [9.17, 15) is 24.3 Å². The van der Waals surface area contributed by atoms with Gasteiger partial charge in [-0.1, -0.05) is 39.5 Å². The minimum atomic E-state index is -1.34. The maximum absolute atomic E-state index is 14.7. The van der Waals surface area contributed by atoms with Crippen molar-refractivity contribution in [2.24, 2.45) is 11.3 Å². The molecule has 0 bridgehead atoms. The third kappa shape index (κ3) is 8.93. The number of nitrogens with one attached hydrogen (secondary N) is 3. The van der Waals surface area contributed by atoms with Crippen molar-refractivity contribution in [1.82, 2.24) is 25.5 Å². The first-order chi connectivity index (χ1) is 26.6. The van der Waals surface area contributed by atoms with Crippen molar-refractivity contribution >= 4 is 51.2 Å². The van der Waals surface area contributed by atoms with Crippen LogP contribution < -0.4 is 20.7 Å². The van der Waals surface area contributed by atoms with Crippen LogP contribution in [-0.4, -0.2) is 92.9 Å². The highest BCUT2D eigenvalue weighted by Gasteiger charge is 2.62. The van der Waals surface area contributed by atoms with Crippen LogP contribution in [0.25, 0.3) is 22.3 Å². The molecule has 1 saturated heterocycles. The number of thiazole rings is 1. The fraction of sp³-hybridized carbons (Fsp3) is 0.512. The lowest BCUT2D eigenvalue weighted by molar-refractivity contribution is -0.149. The molecule has 2 saturated carbocycles. The zero-order valence-electron chi connectivity index (χ0n) is 32.6. The molecule has 15 heteroatoms. The number of carbonyl (C=O) groups excluding carboxylic acids is 4. The van der Waals surface area contributed by atoms with Gasteiger partial charge in [-0.15, -0.1) is 17.9 Å². The molecule has 2 aliphatic carbocycles. The Morgan fingerprint density at radius 3 is 2.50 bits per heavy atom. The Morgan fingerprint density at radius 2 is 1.84 bits per heavy atom. The van der Waals surface area contributed by atoms with Gasteiger partial charge in [-0.2, -0.15) is 0 Å². The van der Waals surface area contributed by atoms with Gasteiger partial charge in [0.2, 0.25) is 11.8 Å². The fourth-order valence-corrected chi connectivity index (χ4v) is 8.22. The van der Waals surface area contributed by atoms with Crippen LogP contribution >= 0.6 is 11.3 Å². The first-order valence-electron chi connectivity index (χ1n) is 19.1. The minimum Gasteiger partial charge on any atom is -0.508 e. The molecule has 6 rings (SSSR count). The molecule has 4 N–H and O–H groups in total. The Kier molecular flexibility index (Phi) is 11.9. The van der Waals surface area contributed by atoms with Crippen LogP contribution in [0.5, 0.6) is 11.5 Å². The SMILES string of the molecule is C=CCOC(=O)[C@@]1(NC(=O)[C@@H]2C[C@@H](Oc3cc(-c4csc(NC(C)C)n4)nc4cc(O)ccc34)CN2C(=O)[C@@H](NC(=O)OC2CCCC2)C(C)(C)C)C[C@H]1C=C. The Balaban J connectivity index is 1.32. The number of ether oxygens (including phenoxy) is 3. The summed E-state index contributed by atoms with van der Waals surface area (Å²) >= 11 is 1.44. The number of nitrogens with zero attached hydrogens (tertiary/aromatic N) is 3. The second-order valence-corrected chi connectivity index (χ2v) is 17.0. The average molecular weight is 789 g/mol. The molecule has 0 unspecified atom stereocenters. The fourth-order valence-electron chi connectivity index (χ4n) is 7.37. The number of phenolic OH excluding ortho intramolecular Hbond substituents is 1. The molecule has 1 aliphatic heterocycles. The summed E-state index contributed by atoms with van der Waals surface area (Å²) in [7, 11) is 0. The van der Waals surface area contributed by atoms with Crippen LogP contribution in [-0.2, 0) is 23.9 Å². The van der Waals surface area contributed by atoms with Crippen molar-refractivity contribution in [3.05, 3.63) is 55.0 Å². The van der Waals surface area contributed by atoms with Crippen molar-refractivity contribution in [1.29, 1.82) is 0 Å². The molecule has 0 radical (unpaired) electrons. The zero-order chi connectivity index (χ0) is 40.4. The largest absolute Gasteiger partial charge is 0.508 e. The number of anilines is 1. The Hall–Kier alpha value is -5.18. The standard InChI is InChI=1S/C41H52N6O8S/c1-8-16-53-37(51)41(20-24(41)9-2)46-35(49)32-18-27(21-47(32)36(50)34(40(5,6)7)45-39(52)55-26-12-10-11-13-26)54-33-19-30(31-22-56-38(44-31)42-23(3)4)43-29-17-25(48)14-15-28(29)33/h8-9,14-15,17,19,22-24,26-27,32,34,48H,1-2,10-13,16,18,20-21H2,3-7H3,(H,42,44)(H,45,52)(H,46,49)/t24-,27-,32+,34-,41-/m1/s1. The van der Waals surface area contributed by atoms with E-state index < -0.39 is 53.0 Å². The van der Waals surface area contributed by atoms with Crippen LogP contribution in [0.3, 0.4) is 0 Å². The number of benzene rings is 1. The quantitative estimate of drug-likeness (QED) is 0.109. The summed E-state index contributed by atoms with van der Waals surface area (Å²) in [4.78, 5) is 66.3. The smallest absolute Gasteiger partial charge is 0.408 e. The number of fused-ring (bicyclic) bond motifs is 1. The molecule has 2 aromatic heterocycles. The van der Waals surface area contributed by atoms with Crippen molar-refractivity contribution in [3.63, 3.8) is 0 Å². The molecule has 3 amide bonds. The van der Waals surface area contributed by atoms with Crippen molar-refractivity contribution < 1.29 is 38.5 Å². The van der Waals surface area contributed by atoms with Crippen LogP contribution in [0.15, 0.2) is 55.0 Å². The van der Waals surface area contributed by atoms with Gasteiger partial charge in [-0.3, -0.25) is 9.59 Å². The van der Waals surface area contributed by atoms with Crippen LogP contribution in [0.2, 0.25) is 0 Å². The van der Waals surface area contributed by atoms with Crippen molar-refractivity contribution in [3.8, 4) is 22.9 Å². The molecule has 0 spiro atoms. The van der Waals surface area contributed by atoms with E-state index in [1.54, 1.807) is 18.2 Å². The minimum absolute atomic E-state index is 0.0158. The summed E-state index contributed by atoms with van der Waals surface area (Å²) < 4.78 is 17.7. The summed E-state index contributed by atoms with van der Waals surface area (Å²) in [5.41, 5.74) is -0.537. The van der Waals surface area contributed by atoms with Crippen LogP contribution in [0, 0.1) is 11.3 Å². The van der Waals surface area contributed by atoms with E-state index >= 15 is 0 Å². The number of aromatic nitrogens is 2. The molecular weight excluding hydrogens is 737 g/mol. The number of esters is 1. The molecule has 3 aliphatic rings. The van der Waals surface area contributed by atoms with Gasteiger partial charge in [0.05, 0.1) is 17.8 Å². The van der Waals surface area contributed by atoms with E-state index in [-0.39, 0.29) is 43.4 Å². The summed E-state index contributed by atoms with van der Waals surface area (Å²) in [6.45, 7) is 16.9. The number of rotatable bonds is 14. The number of hydrogen-bond acceptors (Lipinski definition) is 12. The van der Waals surface area contributed by atoms with Gasteiger partial charge >= 0.3 is 12.1 Å². The lowest BCUT2D eigenvalue weighted by atomic mass is 9.85. The van der Waals surface area contributed by atoms with Gasteiger partial charge in [0.25, 0.3) is 0 Å². The molecule has 3 fully saturated rings. The molecule has 56 heavy (non-hydrogen) atoms. The van der Waals surface area contributed by atoms with Gasteiger partial charge in [0.15, 0.2) is 5.13 Å². The maximum Gasteiger partial charge on any atom is 0.408 e. The Bertz CT molecular complexity index is 1990. The van der Waals surface area contributed by atoms with E-state index in [0.29, 0.717) is 34.5 Å². The highest BCUT2D eigenvalue weighted by atomic mass is 32.1. The molecule has 5 atom stereocenters. The Morgan fingerprint density at radius 1 is 1.09 bits per heavy atom. The average Bonchev–Trinajstić information content (AvgIpc) is 3.55. The molecule has 1 aromatic carbocycles. The number of alkyl carbamates (subject to hydrolysis) is 1. The predicted octanol–water partition coefficient (Wildman–Crippen LogP) is 6.11. The third-order valence-corrected chi connectivity index (χ3v) is 11.1. The number of hydrogen-bond donors (Lipinski definition) is 4. The van der Waals surface area contributed by atoms with Gasteiger partial charge in [-0.25, -0.2) is 19.6 Å². The number of phenols is 1. The second-order valence-electron chi connectivity index (χ2n) is 16.2. The number of carbonyl (C=O) groups is 4. The summed E-state index contributed by atoms with van der Waals surface area (Å²) in [5, 5.41) is 22.6. The highest BCUT2D eigenvalue weighted by molar-refractivity contribution is 7.14. The summed E-state index contributed by atoms with van der Waals surface area (Å²) in [5.74, 6) is -1.60. The lowest BCUT2D eigenvalue weighted by Gasteiger charge is -2.35. The molecule has 3 heterocycles. The monoisotopic (exact) mass is 788 g/mol. The van der Waals surface area contributed by atoms with Crippen LogP contribution in [0.4, 0.5) is 9.93 Å². The third-order valence-electron chi connectivity index (χ3n) is 10.4. The second kappa shape index (κ2) is 16.5. The summed E-state index contributed by atoms with van der Waals surface area (Å²) in [6.07, 6.45) is 5.25. The van der Waals surface area contributed by atoms with E-state index in [1.807, 2.05) is 40.0 Å². The topological polar surface area (TPSA) is 181 Å². The Labute approximate surface area is 331 Å². The molecule has 14 nitrogen and oxygen atoms in total. The number of amides is 3. The molecule has 3 aromatic rings. The number of pyridine rings is 1. The van der Waals surface area contributed by atoms with E-state index in [2.05, 4.69) is 29.1 Å². The van der Waals surface area contributed by atoms with Gasteiger partial charge in [-0.05, 0) is 63.5 Å². The molecular formula is C41H52N6O8S. The number of likely N-dealkylation sites (tertiary alicyclic amines) is 1. The normalized spacial score (nSPS) is 22.7. The first-order valence-corrected chi connectivity index (χ1v) is 20.0. The van der Waals surface area contributed by atoms with Crippen LogP contribution in [0.1, 0.15) is 73.1 Å². The highest BCUT2D eigenvalue weighted by Crippen LogP contribution is 2.46. The molecule has 300 valence electrons. The maximum atomic E-state index is 14.7. The predicted molar refractivity (Wildman–Crippen MR) is 213 cm³/mol. The van der Waals surface area contributed by atoms with Crippen molar-refractivity contribution in [2.75, 3.05) is 18.5 Å².